The lowest BCUT2D eigenvalue weighted by Gasteiger charge is -2.24. The molecule has 0 bridgehead atoms. The normalized spacial score (nSPS) is 17.0. The molecule has 3 rings (SSSR count). The van der Waals surface area contributed by atoms with Crippen molar-refractivity contribution < 1.29 is 33.1 Å². The Kier molecular flexibility index (Phi) is 7.13. The molecule has 1 aliphatic rings. The third kappa shape index (κ3) is 6.08. The van der Waals surface area contributed by atoms with E-state index < -0.39 is 19.8 Å². The molecule has 0 amide bonds. The van der Waals surface area contributed by atoms with Crippen LogP contribution in [0.4, 0.5) is 5.69 Å². The van der Waals surface area contributed by atoms with Gasteiger partial charge in [0.1, 0.15) is 23.6 Å². The Balaban J connectivity index is 1.75. The summed E-state index contributed by atoms with van der Waals surface area (Å²) in [5.74, 6) is 0.0371. The van der Waals surface area contributed by atoms with Gasteiger partial charge >= 0.3 is 13.7 Å². The zero-order valence-electron chi connectivity index (χ0n) is 16.8. The van der Waals surface area contributed by atoms with E-state index in [2.05, 4.69) is 11.8 Å². The number of nitrogens with zero attached hydrogens (tertiary/aromatic N) is 1. The van der Waals surface area contributed by atoms with E-state index in [-0.39, 0.29) is 11.9 Å². The fraction of sp³-hybridized carbons (Fsp3) is 0.333. The van der Waals surface area contributed by atoms with E-state index in [0.29, 0.717) is 16.2 Å². The molecule has 0 saturated heterocycles. The lowest BCUT2D eigenvalue weighted by atomic mass is 10.3. The zero-order valence-corrected chi connectivity index (χ0v) is 17.7. The molecule has 2 aromatic rings. The smallest absolute Gasteiger partial charge is 0.461 e. The Hall–Kier alpha value is -2.83. The Bertz CT molecular complexity index is 913. The van der Waals surface area contributed by atoms with Crippen LogP contribution in [0.1, 0.15) is 32.6 Å². The van der Waals surface area contributed by atoms with E-state index in [0.717, 1.165) is 25.7 Å². The fourth-order valence-electron chi connectivity index (χ4n) is 3.07. The van der Waals surface area contributed by atoms with Crippen LogP contribution in [0.3, 0.4) is 0 Å². The maximum Gasteiger partial charge on any atom is 0.513 e. The van der Waals surface area contributed by atoms with E-state index in [9.17, 15) is 14.6 Å². The van der Waals surface area contributed by atoms with Crippen molar-refractivity contribution in [2.45, 2.75) is 44.8 Å². The lowest BCUT2D eigenvalue weighted by Crippen LogP contribution is -2.37. The first kappa shape index (κ1) is 21.9. The molecule has 0 aromatic heterocycles. The summed E-state index contributed by atoms with van der Waals surface area (Å²) in [6.45, 7) is 4.93. The average molecular weight is 433 g/mol. The predicted molar refractivity (Wildman–Crippen MR) is 112 cm³/mol. The number of hydrogen-bond acceptors (Lipinski definition) is 6. The van der Waals surface area contributed by atoms with Crippen molar-refractivity contribution in [2.24, 2.45) is 0 Å². The van der Waals surface area contributed by atoms with Gasteiger partial charge in [-0.25, -0.2) is 4.57 Å². The molecule has 1 fully saturated rings. The molecule has 8 nitrogen and oxygen atoms in total. The van der Waals surface area contributed by atoms with Crippen LogP contribution in [0, 0.1) is 0 Å². The second kappa shape index (κ2) is 9.78. The molecule has 0 radical (unpaired) electrons. The third-order valence-electron chi connectivity index (χ3n) is 4.62. The van der Waals surface area contributed by atoms with Crippen LogP contribution in [0.25, 0.3) is 0 Å². The number of benzene rings is 2. The van der Waals surface area contributed by atoms with Crippen LogP contribution in [0.15, 0.2) is 54.6 Å². The van der Waals surface area contributed by atoms with Gasteiger partial charge in [-0.15, -0.1) is 0 Å². The Morgan fingerprint density at radius 1 is 1.10 bits per heavy atom. The highest BCUT2D eigenvalue weighted by atomic mass is 31.2. The first-order valence-corrected chi connectivity index (χ1v) is 11.3. The fourth-order valence-corrected chi connectivity index (χ4v) is 4.59. The third-order valence-corrected chi connectivity index (χ3v) is 6.23. The molecule has 0 aliphatic heterocycles. The highest BCUT2D eigenvalue weighted by Gasteiger charge is 2.35. The maximum absolute atomic E-state index is 13.5. The predicted octanol–water partition coefficient (Wildman–Crippen LogP) is 4.45. The van der Waals surface area contributed by atoms with Crippen LogP contribution in [-0.4, -0.2) is 34.8 Å². The molecule has 2 aromatic carbocycles. The van der Waals surface area contributed by atoms with Gasteiger partial charge in [-0.1, -0.05) is 18.2 Å². The van der Waals surface area contributed by atoms with Gasteiger partial charge < -0.3 is 13.8 Å². The largest absolute Gasteiger partial charge is 0.513 e. The summed E-state index contributed by atoms with van der Waals surface area (Å²) in [7, 11) is -4.00. The number of carbonyl (C=O) groups excluding carboxylic acids is 1. The quantitative estimate of drug-likeness (QED) is 0.151. The van der Waals surface area contributed by atoms with E-state index in [1.807, 2.05) is 0 Å². The number of ether oxygens (including phenoxy) is 1. The van der Waals surface area contributed by atoms with Crippen LogP contribution in [-0.2, 0) is 14.1 Å². The molecular weight excluding hydrogens is 407 g/mol. The van der Waals surface area contributed by atoms with Gasteiger partial charge in [0, 0.05) is 16.9 Å². The van der Waals surface area contributed by atoms with Crippen molar-refractivity contribution in [1.82, 2.24) is 5.09 Å². The molecule has 1 aliphatic carbocycles. The average Bonchev–Trinajstić information content (AvgIpc) is 3.22. The van der Waals surface area contributed by atoms with Gasteiger partial charge in [0.2, 0.25) is 0 Å². The number of hydrogen-bond donors (Lipinski definition) is 2. The van der Waals surface area contributed by atoms with Crippen molar-refractivity contribution >= 4 is 26.1 Å². The summed E-state index contributed by atoms with van der Waals surface area (Å²) in [5.41, 5.74) is 0.419. The molecule has 9 heteroatoms. The Morgan fingerprint density at radius 3 is 2.23 bits per heavy atom. The van der Waals surface area contributed by atoms with Gasteiger partial charge in [-0.3, -0.25) is 10.0 Å². The summed E-state index contributed by atoms with van der Waals surface area (Å²) in [6.07, 6.45) is 3.65. The zero-order chi connectivity index (χ0) is 21.6. The van der Waals surface area contributed by atoms with Gasteiger partial charge in [0.05, 0.1) is 0 Å². The molecule has 160 valence electrons. The molecule has 0 spiro atoms. The minimum atomic E-state index is -4.00. The van der Waals surface area contributed by atoms with Crippen molar-refractivity contribution in [2.75, 3.05) is 0 Å². The van der Waals surface area contributed by atoms with Crippen LogP contribution >= 0.6 is 7.75 Å². The van der Waals surface area contributed by atoms with Crippen LogP contribution in [0.2, 0.25) is 0 Å². The number of para-hydroxylation sites is 1. The first-order chi connectivity index (χ1) is 14.3. The summed E-state index contributed by atoms with van der Waals surface area (Å²) in [6, 6.07) is 13.7. The topological polar surface area (TPSA) is 97.1 Å². The van der Waals surface area contributed by atoms with E-state index >= 15 is 0 Å². The molecule has 0 heterocycles. The summed E-state index contributed by atoms with van der Waals surface area (Å²) >= 11 is 0. The maximum atomic E-state index is 13.5. The molecule has 30 heavy (non-hydrogen) atoms. The highest BCUT2D eigenvalue weighted by Crippen LogP contribution is 2.45. The van der Waals surface area contributed by atoms with Gasteiger partial charge in [0.25, 0.3) is 5.69 Å². The molecule has 2 atom stereocenters. The highest BCUT2D eigenvalue weighted by molar-refractivity contribution is 7.52. The lowest BCUT2D eigenvalue weighted by molar-refractivity contribution is -0.706. The second-order valence-corrected chi connectivity index (χ2v) is 8.70. The van der Waals surface area contributed by atoms with E-state index in [4.69, 9.17) is 13.8 Å². The van der Waals surface area contributed by atoms with Crippen molar-refractivity contribution in [1.29, 1.82) is 0 Å². The van der Waals surface area contributed by atoms with Crippen molar-refractivity contribution in [3.8, 4) is 11.5 Å². The first-order valence-electron chi connectivity index (χ1n) is 9.77. The second-order valence-electron chi connectivity index (χ2n) is 7.08. The molecule has 2 N–H and O–H groups in total. The van der Waals surface area contributed by atoms with Crippen LogP contribution in [0.5, 0.6) is 11.5 Å². The van der Waals surface area contributed by atoms with E-state index in [1.165, 1.54) is 24.3 Å². The van der Waals surface area contributed by atoms with E-state index in [1.54, 1.807) is 37.3 Å². The van der Waals surface area contributed by atoms with Crippen molar-refractivity contribution in [3.63, 3.8) is 0 Å². The summed E-state index contributed by atoms with van der Waals surface area (Å²) < 4.78 is 30.9. The SMILES string of the molecule is C=[N+](O)c1ccc(O[P@@](=O)(N[C@@H](C)C(=O)OC2CCCC2)Oc2ccccc2)cc1. The van der Waals surface area contributed by atoms with Crippen molar-refractivity contribution in [3.05, 3.63) is 54.6 Å². The Labute approximate surface area is 175 Å². The number of rotatable bonds is 9. The molecule has 0 unspecified atom stereocenters. The Morgan fingerprint density at radius 2 is 1.67 bits per heavy atom. The standard InChI is InChI=1S/C21H26N2O6P/c1-16(21(24)27-18-8-6-7-9-18)22-30(26,28-19-10-4-3-5-11-19)29-20-14-12-17(13-15-20)23(2)25/h3-5,10-16,18,25H,2,6-9H2,1H3,(H,22,26)/q+1/t16-,30+/m0/s1. The summed E-state index contributed by atoms with van der Waals surface area (Å²) in [5, 5.41) is 12.0. The minimum Gasteiger partial charge on any atom is -0.461 e. The molecule has 1 saturated carbocycles. The van der Waals surface area contributed by atoms with Crippen LogP contribution < -0.4 is 14.1 Å². The van der Waals surface area contributed by atoms with Gasteiger partial charge in [0.15, 0.2) is 6.72 Å². The number of carbonyl (C=O) groups is 1. The monoisotopic (exact) mass is 433 g/mol. The van der Waals surface area contributed by atoms with Gasteiger partial charge in [-0.05, 0) is 56.9 Å². The number of nitrogens with one attached hydrogen (secondary N) is 1. The minimum absolute atomic E-state index is 0.103. The molecular formula is C21H26N2O6P+. The summed E-state index contributed by atoms with van der Waals surface area (Å²) in [4.78, 5) is 12.4. The van der Waals surface area contributed by atoms with Gasteiger partial charge in [-0.2, -0.15) is 5.09 Å². The number of esters is 1.